The number of anilines is 1. The second kappa shape index (κ2) is 9.29. The van der Waals surface area contributed by atoms with E-state index in [-0.39, 0.29) is 11.8 Å². The van der Waals surface area contributed by atoms with Crippen molar-refractivity contribution in [1.29, 1.82) is 0 Å². The van der Waals surface area contributed by atoms with Gasteiger partial charge in [-0.1, -0.05) is 50.9 Å². The van der Waals surface area contributed by atoms with E-state index in [1.54, 1.807) is 6.07 Å². The van der Waals surface area contributed by atoms with Gasteiger partial charge in [0, 0.05) is 27.3 Å². The SMILES string of the molecule is Cc1ccc(Cl)cc1NC(=O)C1CCCN(Cc2nc(-c3cccc(Br)c3)no2)C1. The maximum atomic E-state index is 12.8. The molecule has 0 aliphatic carbocycles. The van der Waals surface area contributed by atoms with Crippen molar-refractivity contribution in [3.05, 3.63) is 63.4 Å². The predicted molar refractivity (Wildman–Crippen MR) is 120 cm³/mol. The van der Waals surface area contributed by atoms with Crippen LogP contribution in [-0.2, 0) is 11.3 Å². The summed E-state index contributed by atoms with van der Waals surface area (Å²) in [6.07, 6.45) is 1.80. The van der Waals surface area contributed by atoms with Crippen molar-refractivity contribution in [2.75, 3.05) is 18.4 Å². The standard InChI is InChI=1S/C22H22BrClN4O2/c1-14-7-8-18(24)11-19(14)25-22(29)16-5-3-9-28(12-16)13-20-26-21(27-30-20)15-4-2-6-17(23)10-15/h2,4,6-8,10-11,16H,3,5,9,12-13H2,1H3,(H,25,29). The number of carbonyl (C=O) groups is 1. The van der Waals surface area contributed by atoms with Gasteiger partial charge in [0.1, 0.15) is 0 Å². The highest BCUT2D eigenvalue weighted by Crippen LogP contribution is 2.25. The van der Waals surface area contributed by atoms with E-state index in [1.807, 2.05) is 43.3 Å². The largest absolute Gasteiger partial charge is 0.338 e. The van der Waals surface area contributed by atoms with Crippen LogP contribution in [0.2, 0.25) is 5.02 Å². The molecular weight excluding hydrogens is 468 g/mol. The van der Waals surface area contributed by atoms with Crippen molar-refractivity contribution in [1.82, 2.24) is 15.0 Å². The number of nitrogens with one attached hydrogen (secondary N) is 1. The summed E-state index contributed by atoms with van der Waals surface area (Å²) in [5, 5.41) is 7.74. The van der Waals surface area contributed by atoms with Crippen molar-refractivity contribution in [3.8, 4) is 11.4 Å². The Morgan fingerprint density at radius 1 is 1.33 bits per heavy atom. The van der Waals surface area contributed by atoms with Crippen LogP contribution in [-0.4, -0.2) is 34.0 Å². The minimum atomic E-state index is -0.0930. The number of aromatic nitrogens is 2. The Kier molecular flexibility index (Phi) is 6.51. The Morgan fingerprint density at radius 3 is 3.03 bits per heavy atom. The summed E-state index contributed by atoms with van der Waals surface area (Å²) in [5.74, 6) is 1.04. The Balaban J connectivity index is 1.38. The summed E-state index contributed by atoms with van der Waals surface area (Å²) in [4.78, 5) is 19.5. The molecule has 8 heteroatoms. The molecule has 3 aromatic rings. The monoisotopic (exact) mass is 488 g/mol. The van der Waals surface area contributed by atoms with E-state index in [2.05, 4.69) is 36.3 Å². The quantitative estimate of drug-likeness (QED) is 0.526. The molecule has 0 radical (unpaired) electrons. The van der Waals surface area contributed by atoms with E-state index >= 15 is 0 Å². The molecule has 1 aliphatic rings. The lowest BCUT2D eigenvalue weighted by Gasteiger charge is -2.31. The van der Waals surface area contributed by atoms with E-state index in [0.717, 1.165) is 40.7 Å². The number of nitrogens with zero attached hydrogens (tertiary/aromatic N) is 3. The molecule has 156 valence electrons. The minimum Gasteiger partial charge on any atom is -0.338 e. The maximum absolute atomic E-state index is 12.8. The van der Waals surface area contributed by atoms with E-state index < -0.39 is 0 Å². The molecule has 2 aromatic carbocycles. The Hall–Kier alpha value is -2.22. The van der Waals surface area contributed by atoms with Gasteiger partial charge in [0.05, 0.1) is 12.5 Å². The first kappa shape index (κ1) is 21.0. The molecule has 0 spiro atoms. The normalized spacial score (nSPS) is 17.1. The third-order valence-electron chi connectivity index (χ3n) is 5.24. The molecule has 1 saturated heterocycles. The van der Waals surface area contributed by atoms with Crippen LogP contribution in [0.15, 0.2) is 51.5 Å². The fourth-order valence-corrected chi connectivity index (χ4v) is 4.20. The fraction of sp³-hybridized carbons (Fsp3) is 0.318. The van der Waals surface area contributed by atoms with Crippen LogP contribution < -0.4 is 5.32 Å². The molecule has 1 N–H and O–H groups in total. The van der Waals surface area contributed by atoms with E-state index in [9.17, 15) is 4.79 Å². The van der Waals surface area contributed by atoms with Gasteiger partial charge >= 0.3 is 0 Å². The van der Waals surface area contributed by atoms with Crippen molar-refractivity contribution >= 4 is 39.1 Å². The molecule has 30 heavy (non-hydrogen) atoms. The fourth-order valence-electron chi connectivity index (χ4n) is 3.63. The van der Waals surface area contributed by atoms with Gasteiger partial charge in [-0.25, -0.2) is 0 Å². The summed E-state index contributed by atoms with van der Waals surface area (Å²) in [6, 6.07) is 13.3. The Morgan fingerprint density at radius 2 is 2.20 bits per heavy atom. The summed E-state index contributed by atoms with van der Waals surface area (Å²) >= 11 is 9.53. The van der Waals surface area contributed by atoms with E-state index in [1.165, 1.54) is 0 Å². The maximum Gasteiger partial charge on any atom is 0.241 e. The van der Waals surface area contributed by atoms with Crippen LogP contribution in [0.1, 0.15) is 24.3 Å². The number of amides is 1. The van der Waals surface area contributed by atoms with Gasteiger partial charge in [0.15, 0.2) is 0 Å². The number of rotatable bonds is 5. The first-order valence-corrected chi connectivity index (χ1v) is 11.0. The summed E-state index contributed by atoms with van der Waals surface area (Å²) in [6.45, 7) is 4.03. The van der Waals surface area contributed by atoms with Gasteiger partial charge in [-0.15, -0.1) is 0 Å². The number of halogens is 2. The van der Waals surface area contributed by atoms with E-state index in [4.69, 9.17) is 16.1 Å². The zero-order valence-corrected chi connectivity index (χ0v) is 18.9. The molecular formula is C22H22BrClN4O2. The van der Waals surface area contributed by atoms with Gasteiger partial charge in [-0.3, -0.25) is 9.69 Å². The molecule has 0 bridgehead atoms. The number of piperidine rings is 1. The van der Waals surface area contributed by atoms with Crippen molar-refractivity contribution in [2.24, 2.45) is 5.92 Å². The van der Waals surface area contributed by atoms with Crippen LogP contribution in [0.25, 0.3) is 11.4 Å². The summed E-state index contributed by atoms with van der Waals surface area (Å²) < 4.78 is 6.41. The lowest BCUT2D eigenvalue weighted by molar-refractivity contribution is -0.121. The second-order valence-corrected chi connectivity index (χ2v) is 8.90. The zero-order valence-electron chi connectivity index (χ0n) is 16.6. The highest BCUT2D eigenvalue weighted by atomic mass is 79.9. The first-order chi connectivity index (χ1) is 14.5. The van der Waals surface area contributed by atoms with Crippen molar-refractivity contribution in [2.45, 2.75) is 26.3 Å². The zero-order chi connectivity index (χ0) is 21.1. The van der Waals surface area contributed by atoms with Gasteiger partial charge < -0.3 is 9.84 Å². The van der Waals surface area contributed by atoms with Crippen LogP contribution in [0, 0.1) is 12.8 Å². The van der Waals surface area contributed by atoms with Crippen LogP contribution >= 0.6 is 27.5 Å². The highest BCUT2D eigenvalue weighted by molar-refractivity contribution is 9.10. The van der Waals surface area contributed by atoms with Gasteiger partial charge in [0.25, 0.3) is 0 Å². The molecule has 1 atom stereocenters. The molecule has 6 nitrogen and oxygen atoms in total. The molecule has 1 fully saturated rings. The molecule has 1 aromatic heterocycles. The second-order valence-electron chi connectivity index (χ2n) is 7.54. The van der Waals surface area contributed by atoms with Crippen LogP contribution in [0.5, 0.6) is 0 Å². The number of carbonyl (C=O) groups excluding carboxylic acids is 1. The number of likely N-dealkylation sites (tertiary alicyclic amines) is 1. The molecule has 1 unspecified atom stereocenters. The number of aryl methyl sites for hydroxylation is 1. The lowest BCUT2D eigenvalue weighted by atomic mass is 9.97. The van der Waals surface area contributed by atoms with Crippen LogP contribution in [0.3, 0.4) is 0 Å². The summed E-state index contributed by atoms with van der Waals surface area (Å²) in [5.41, 5.74) is 2.65. The molecule has 2 heterocycles. The van der Waals surface area contributed by atoms with E-state index in [0.29, 0.717) is 29.8 Å². The van der Waals surface area contributed by atoms with Crippen molar-refractivity contribution in [3.63, 3.8) is 0 Å². The third kappa shape index (κ3) is 5.09. The van der Waals surface area contributed by atoms with Gasteiger partial charge in [0.2, 0.25) is 17.6 Å². The minimum absolute atomic E-state index is 0.0189. The topological polar surface area (TPSA) is 71.3 Å². The Labute approximate surface area is 188 Å². The smallest absolute Gasteiger partial charge is 0.241 e. The van der Waals surface area contributed by atoms with Gasteiger partial charge in [-0.05, 0) is 56.1 Å². The molecule has 4 rings (SSSR count). The lowest BCUT2D eigenvalue weighted by Crippen LogP contribution is -2.40. The molecule has 0 saturated carbocycles. The Bertz CT molecular complexity index is 1060. The highest BCUT2D eigenvalue weighted by Gasteiger charge is 2.27. The number of hydrogen-bond acceptors (Lipinski definition) is 5. The predicted octanol–water partition coefficient (Wildman–Crippen LogP) is 5.31. The van der Waals surface area contributed by atoms with Crippen molar-refractivity contribution < 1.29 is 9.32 Å². The number of hydrogen-bond donors (Lipinski definition) is 1. The first-order valence-electron chi connectivity index (χ1n) is 9.86. The third-order valence-corrected chi connectivity index (χ3v) is 5.97. The number of benzene rings is 2. The van der Waals surface area contributed by atoms with Crippen LogP contribution in [0.4, 0.5) is 5.69 Å². The summed E-state index contributed by atoms with van der Waals surface area (Å²) in [7, 11) is 0. The molecule has 1 aliphatic heterocycles. The average Bonchev–Trinajstić information content (AvgIpc) is 3.19. The average molecular weight is 490 g/mol. The van der Waals surface area contributed by atoms with Gasteiger partial charge in [-0.2, -0.15) is 4.98 Å². The molecule has 1 amide bonds.